The van der Waals surface area contributed by atoms with E-state index in [-0.39, 0.29) is 0 Å². The van der Waals surface area contributed by atoms with Crippen molar-refractivity contribution in [2.75, 3.05) is 0 Å². The summed E-state index contributed by atoms with van der Waals surface area (Å²) in [6, 6.07) is 40.1. The van der Waals surface area contributed by atoms with Gasteiger partial charge in [-0.1, -0.05) is 132 Å². The number of rotatable bonds is 0. The van der Waals surface area contributed by atoms with Gasteiger partial charge in [-0.05, 0) is 72.5 Å². The predicted molar refractivity (Wildman–Crippen MR) is 166 cm³/mol. The van der Waals surface area contributed by atoms with Crippen molar-refractivity contribution in [1.29, 1.82) is 0 Å². The Hall–Kier alpha value is -5.66. The van der Waals surface area contributed by atoms with Crippen LogP contribution in [0, 0.1) is 47.4 Å². The smallest absolute Gasteiger partial charge is 0.0622 e. The molecule has 1 aliphatic carbocycles. The lowest BCUT2D eigenvalue weighted by atomic mass is 9.91. The molecule has 1 aliphatic rings. The van der Waals surface area contributed by atoms with Gasteiger partial charge in [-0.15, -0.1) is 0 Å². The van der Waals surface area contributed by atoms with E-state index in [0.717, 1.165) is 57.4 Å². The molecule has 0 radical (unpaired) electrons. The monoisotopic (exact) mass is 506 g/mol. The summed E-state index contributed by atoms with van der Waals surface area (Å²) < 4.78 is 0. The Kier molecular flexibility index (Phi) is 8.93. The van der Waals surface area contributed by atoms with E-state index < -0.39 is 0 Å². The molecule has 0 saturated carbocycles. The van der Waals surface area contributed by atoms with E-state index in [1.807, 2.05) is 121 Å². The van der Waals surface area contributed by atoms with Crippen LogP contribution >= 0.6 is 0 Å². The van der Waals surface area contributed by atoms with Gasteiger partial charge in [-0.25, -0.2) is 0 Å². The van der Waals surface area contributed by atoms with Gasteiger partial charge in [0.15, 0.2) is 0 Å². The summed E-state index contributed by atoms with van der Waals surface area (Å²) in [6.07, 6.45) is 5.89. The second-order valence-corrected chi connectivity index (χ2v) is 9.10. The van der Waals surface area contributed by atoms with Gasteiger partial charge in [-0.3, -0.25) is 0 Å². The Labute approximate surface area is 237 Å². The Morgan fingerprint density at radius 3 is 0.825 bits per heavy atom. The molecule has 0 nitrogen and oxygen atoms in total. The van der Waals surface area contributed by atoms with E-state index in [0.29, 0.717) is 0 Å². The van der Waals surface area contributed by atoms with Crippen molar-refractivity contribution in [3.8, 4) is 47.4 Å². The molecule has 5 rings (SSSR count). The fraction of sp³-hybridized carbons (Fsp3) is 0.0500. The van der Waals surface area contributed by atoms with Gasteiger partial charge in [0.2, 0.25) is 0 Å². The Morgan fingerprint density at radius 1 is 0.350 bits per heavy atom. The summed E-state index contributed by atoms with van der Waals surface area (Å²) in [5.41, 5.74) is 7.82. The highest BCUT2D eigenvalue weighted by Crippen LogP contribution is 2.26. The van der Waals surface area contributed by atoms with Crippen molar-refractivity contribution in [2.24, 2.45) is 0 Å². The maximum absolute atomic E-state index is 3.35. The average molecular weight is 507 g/mol. The van der Waals surface area contributed by atoms with Crippen LogP contribution in [0.4, 0.5) is 0 Å². The van der Waals surface area contributed by atoms with Crippen LogP contribution in [0.2, 0.25) is 0 Å². The van der Waals surface area contributed by atoms with Crippen molar-refractivity contribution in [2.45, 2.75) is 12.8 Å². The third-order valence-corrected chi connectivity index (χ3v) is 6.21. The minimum Gasteiger partial charge on any atom is -0.0622 e. The van der Waals surface area contributed by atoms with Gasteiger partial charge in [0, 0.05) is 22.3 Å². The standard InChI is InChI=1S/C40H26/c1-5-13-33(14-6-1)21-25-37(26-22-34-15-7-2-8-16-34)39-29-31-40(32-30-39)38(27-23-35-17-9-3-10-18-35)28-24-36-19-11-4-12-20-36/h1-20,29,31H,30,32H2. The van der Waals surface area contributed by atoms with E-state index in [2.05, 4.69) is 59.5 Å². The molecule has 0 aromatic heterocycles. The topological polar surface area (TPSA) is 0 Å². The normalized spacial score (nSPS) is 11.3. The number of hydrogen-bond acceptors (Lipinski definition) is 0. The van der Waals surface area contributed by atoms with Crippen LogP contribution in [0.1, 0.15) is 35.1 Å². The molecular weight excluding hydrogens is 480 g/mol. The molecule has 0 aliphatic heterocycles. The minimum atomic E-state index is 0.817. The van der Waals surface area contributed by atoms with Crippen molar-refractivity contribution >= 4 is 0 Å². The van der Waals surface area contributed by atoms with E-state index in [1.54, 1.807) is 0 Å². The molecule has 0 N–H and O–H groups in total. The highest BCUT2D eigenvalue weighted by molar-refractivity contribution is 5.60. The first kappa shape index (κ1) is 26.0. The molecule has 0 spiro atoms. The van der Waals surface area contributed by atoms with Crippen molar-refractivity contribution in [3.05, 3.63) is 178 Å². The lowest BCUT2D eigenvalue weighted by Crippen LogP contribution is -1.97. The first-order chi connectivity index (χ1) is 19.8. The summed E-state index contributed by atoms with van der Waals surface area (Å²) in [5.74, 6) is 26.5. The zero-order valence-corrected chi connectivity index (χ0v) is 22.1. The lowest BCUT2D eigenvalue weighted by Gasteiger charge is -2.12. The number of benzene rings is 4. The molecular formula is C40H26. The van der Waals surface area contributed by atoms with Gasteiger partial charge in [0.25, 0.3) is 0 Å². The highest BCUT2D eigenvalue weighted by atomic mass is 14.1. The van der Waals surface area contributed by atoms with Crippen molar-refractivity contribution in [1.82, 2.24) is 0 Å². The van der Waals surface area contributed by atoms with E-state index >= 15 is 0 Å². The minimum absolute atomic E-state index is 0.817. The number of hydrogen-bond donors (Lipinski definition) is 0. The maximum atomic E-state index is 3.35. The summed E-state index contributed by atoms with van der Waals surface area (Å²) in [4.78, 5) is 0. The Morgan fingerprint density at radius 2 is 0.600 bits per heavy atom. The molecule has 0 saturated heterocycles. The largest absolute Gasteiger partial charge is 0.0783 e. The summed E-state index contributed by atoms with van der Waals surface area (Å²) in [7, 11) is 0. The van der Waals surface area contributed by atoms with Gasteiger partial charge >= 0.3 is 0 Å². The molecule has 0 heteroatoms. The fourth-order valence-electron chi connectivity index (χ4n) is 4.06. The molecule has 0 amide bonds. The predicted octanol–water partition coefficient (Wildman–Crippen LogP) is 8.14. The summed E-state index contributed by atoms with van der Waals surface area (Å²) in [6.45, 7) is 0. The van der Waals surface area contributed by atoms with Crippen LogP contribution in [0.25, 0.3) is 0 Å². The van der Waals surface area contributed by atoms with Crippen LogP contribution in [0.15, 0.2) is 156 Å². The van der Waals surface area contributed by atoms with Crippen LogP contribution in [0.5, 0.6) is 0 Å². The van der Waals surface area contributed by atoms with Crippen LogP contribution < -0.4 is 0 Å². The first-order valence-electron chi connectivity index (χ1n) is 13.3. The molecule has 186 valence electrons. The number of allylic oxidation sites excluding steroid dienone is 6. The quantitative estimate of drug-likeness (QED) is 0.211. The van der Waals surface area contributed by atoms with Gasteiger partial charge in [0.05, 0.1) is 11.1 Å². The van der Waals surface area contributed by atoms with Crippen molar-refractivity contribution in [3.63, 3.8) is 0 Å². The average Bonchev–Trinajstić information content (AvgIpc) is 3.03. The van der Waals surface area contributed by atoms with Gasteiger partial charge < -0.3 is 0 Å². The SMILES string of the molecule is C(#Cc1ccccc1)C(C#Cc1ccccc1)=C1C=CC(=C(C#Cc2ccccc2)C#Cc2ccccc2)CC1. The Balaban J connectivity index is 1.53. The molecule has 4 aromatic carbocycles. The zero-order chi connectivity index (χ0) is 27.2. The van der Waals surface area contributed by atoms with Gasteiger partial charge in [-0.2, -0.15) is 0 Å². The molecule has 0 fully saturated rings. The highest BCUT2D eigenvalue weighted by Gasteiger charge is 2.10. The van der Waals surface area contributed by atoms with Crippen LogP contribution in [0.3, 0.4) is 0 Å². The second-order valence-electron chi connectivity index (χ2n) is 9.10. The lowest BCUT2D eigenvalue weighted by molar-refractivity contribution is 0.939. The maximum Gasteiger partial charge on any atom is 0.0783 e. The first-order valence-corrected chi connectivity index (χ1v) is 13.3. The molecule has 0 unspecified atom stereocenters. The van der Waals surface area contributed by atoms with E-state index in [9.17, 15) is 0 Å². The van der Waals surface area contributed by atoms with Gasteiger partial charge in [0.1, 0.15) is 0 Å². The molecule has 40 heavy (non-hydrogen) atoms. The van der Waals surface area contributed by atoms with E-state index in [4.69, 9.17) is 0 Å². The summed E-state index contributed by atoms with van der Waals surface area (Å²) in [5, 5.41) is 0. The van der Waals surface area contributed by atoms with Crippen LogP contribution in [-0.2, 0) is 0 Å². The molecule has 0 bridgehead atoms. The van der Waals surface area contributed by atoms with Crippen LogP contribution in [-0.4, -0.2) is 0 Å². The van der Waals surface area contributed by atoms with Crippen molar-refractivity contribution < 1.29 is 0 Å². The second kappa shape index (κ2) is 13.8. The Bertz CT molecular complexity index is 1550. The zero-order valence-electron chi connectivity index (χ0n) is 22.1. The van der Waals surface area contributed by atoms with E-state index in [1.165, 1.54) is 0 Å². The molecule has 4 aromatic rings. The molecule has 0 atom stereocenters. The third-order valence-electron chi connectivity index (χ3n) is 6.21. The molecule has 0 heterocycles. The fourth-order valence-corrected chi connectivity index (χ4v) is 4.06. The third kappa shape index (κ3) is 7.67. The summed E-state index contributed by atoms with van der Waals surface area (Å²) >= 11 is 0.